The molecule has 4 rings (SSSR count). The number of rotatable bonds is 0. The van der Waals surface area contributed by atoms with E-state index in [9.17, 15) is 9.90 Å². The third-order valence-electron chi connectivity index (χ3n) is 8.15. The van der Waals surface area contributed by atoms with Gasteiger partial charge in [0.05, 0.1) is 6.10 Å². The molecule has 0 aromatic carbocycles. The zero-order valence-corrected chi connectivity index (χ0v) is 14.3. The highest BCUT2D eigenvalue weighted by molar-refractivity contribution is 5.87. The molecule has 0 radical (unpaired) electrons. The van der Waals surface area contributed by atoms with Gasteiger partial charge in [0.2, 0.25) is 0 Å². The molecule has 6 atom stereocenters. The monoisotopic (exact) mass is 302 g/mol. The summed E-state index contributed by atoms with van der Waals surface area (Å²) < 4.78 is 0. The smallest absolute Gasteiger partial charge is 0.139 e. The fourth-order valence-corrected chi connectivity index (χ4v) is 6.87. The van der Waals surface area contributed by atoms with Gasteiger partial charge in [0.1, 0.15) is 5.78 Å². The second-order valence-corrected chi connectivity index (χ2v) is 9.07. The fourth-order valence-electron chi connectivity index (χ4n) is 6.87. The van der Waals surface area contributed by atoms with Crippen LogP contribution in [-0.4, -0.2) is 17.0 Å². The van der Waals surface area contributed by atoms with Crippen molar-refractivity contribution in [3.05, 3.63) is 11.1 Å². The van der Waals surface area contributed by atoms with Crippen molar-refractivity contribution in [1.82, 2.24) is 0 Å². The van der Waals surface area contributed by atoms with E-state index in [1.807, 2.05) is 0 Å². The SMILES string of the molecule is CC1=C2C[C@@H](O)CC[C@]2(C)[C@H]2CC[C@]3(C)C(=O)CC[C@H]3[C@@H]2C1. The number of hydrogen-bond acceptors (Lipinski definition) is 2. The average Bonchev–Trinajstić information content (AvgIpc) is 2.77. The molecule has 0 aliphatic heterocycles. The number of allylic oxidation sites excluding steroid dienone is 1. The third kappa shape index (κ3) is 1.79. The lowest BCUT2D eigenvalue weighted by molar-refractivity contribution is -0.132. The molecule has 122 valence electrons. The summed E-state index contributed by atoms with van der Waals surface area (Å²) in [5, 5.41) is 10.1. The van der Waals surface area contributed by atoms with E-state index in [-0.39, 0.29) is 11.5 Å². The van der Waals surface area contributed by atoms with E-state index in [4.69, 9.17) is 0 Å². The number of ketones is 1. The number of Topliss-reactive ketones (excluding diaryl/α,β-unsaturated/α-hetero) is 1. The molecule has 0 saturated heterocycles. The van der Waals surface area contributed by atoms with Crippen LogP contribution in [-0.2, 0) is 4.79 Å². The van der Waals surface area contributed by atoms with Crippen LogP contribution in [0.15, 0.2) is 11.1 Å². The molecule has 22 heavy (non-hydrogen) atoms. The quantitative estimate of drug-likeness (QED) is 0.679. The topological polar surface area (TPSA) is 37.3 Å². The third-order valence-corrected chi connectivity index (χ3v) is 8.15. The Labute approximate surface area is 134 Å². The van der Waals surface area contributed by atoms with Crippen molar-refractivity contribution < 1.29 is 9.90 Å². The highest BCUT2D eigenvalue weighted by atomic mass is 16.3. The van der Waals surface area contributed by atoms with E-state index in [0.717, 1.165) is 44.4 Å². The van der Waals surface area contributed by atoms with Gasteiger partial charge in [-0.25, -0.2) is 0 Å². The van der Waals surface area contributed by atoms with Crippen LogP contribution in [0.5, 0.6) is 0 Å². The summed E-state index contributed by atoms with van der Waals surface area (Å²) in [6, 6.07) is 0. The van der Waals surface area contributed by atoms with E-state index in [2.05, 4.69) is 20.8 Å². The van der Waals surface area contributed by atoms with Crippen molar-refractivity contribution in [2.24, 2.45) is 28.6 Å². The van der Waals surface area contributed by atoms with Gasteiger partial charge < -0.3 is 5.11 Å². The Morgan fingerprint density at radius 2 is 1.68 bits per heavy atom. The summed E-state index contributed by atoms with van der Waals surface area (Å²) in [7, 11) is 0. The Morgan fingerprint density at radius 1 is 1.00 bits per heavy atom. The Bertz CT molecular complexity index is 548. The van der Waals surface area contributed by atoms with Gasteiger partial charge in [-0.2, -0.15) is 0 Å². The summed E-state index contributed by atoms with van der Waals surface area (Å²) in [6.45, 7) is 7.02. The Morgan fingerprint density at radius 3 is 2.45 bits per heavy atom. The maximum Gasteiger partial charge on any atom is 0.139 e. The lowest BCUT2D eigenvalue weighted by atomic mass is 9.47. The fraction of sp³-hybridized carbons (Fsp3) is 0.850. The Hall–Kier alpha value is -0.630. The number of carbonyl (C=O) groups excluding carboxylic acids is 1. The number of aliphatic hydroxyl groups excluding tert-OH is 1. The zero-order valence-electron chi connectivity index (χ0n) is 14.3. The number of aliphatic hydroxyl groups is 1. The molecule has 0 amide bonds. The largest absolute Gasteiger partial charge is 0.393 e. The summed E-state index contributed by atoms with van der Waals surface area (Å²) >= 11 is 0. The summed E-state index contributed by atoms with van der Waals surface area (Å²) in [4.78, 5) is 12.4. The molecule has 0 aromatic heterocycles. The molecule has 4 aliphatic rings. The maximum atomic E-state index is 12.4. The van der Waals surface area contributed by atoms with Crippen LogP contribution in [0.2, 0.25) is 0 Å². The van der Waals surface area contributed by atoms with Crippen LogP contribution < -0.4 is 0 Å². The summed E-state index contributed by atoms with van der Waals surface area (Å²) in [5.41, 5.74) is 3.37. The Kier molecular flexibility index (Phi) is 3.18. The van der Waals surface area contributed by atoms with Gasteiger partial charge in [0, 0.05) is 11.8 Å². The number of hydrogen-bond donors (Lipinski definition) is 1. The molecule has 3 saturated carbocycles. The van der Waals surface area contributed by atoms with Crippen molar-refractivity contribution in [1.29, 1.82) is 0 Å². The van der Waals surface area contributed by atoms with E-state index >= 15 is 0 Å². The molecule has 0 spiro atoms. The van der Waals surface area contributed by atoms with Crippen molar-refractivity contribution in [2.75, 3.05) is 0 Å². The van der Waals surface area contributed by atoms with E-state index in [0.29, 0.717) is 23.0 Å². The molecular formula is C20H30O2. The molecule has 0 aromatic rings. The minimum absolute atomic E-state index is 0.0243. The second kappa shape index (κ2) is 4.69. The predicted octanol–water partition coefficient (Wildman–Crippen LogP) is 4.27. The number of fused-ring (bicyclic) bond motifs is 5. The van der Waals surface area contributed by atoms with Gasteiger partial charge in [-0.15, -0.1) is 0 Å². The molecular weight excluding hydrogens is 272 g/mol. The van der Waals surface area contributed by atoms with Crippen molar-refractivity contribution in [3.8, 4) is 0 Å². The van der Waals surface area contributed by atoms with Crippen LogP contribution in [0.4, 0.5) is 0 Å². The first-order chi connectivity index (χ1) is 10.4. The molecule has 0 bridgehead atoms. The molecule has 2 heteroatoms. The van der Waals surface area contributed by atoms with Gasteiger partial charge in [0.25, 0.3) is 0 Å². The van der Waals surface area contributed by atoms with Gasteiger partial charge in [-0.1, -0.05) is 25.0 Å². The molecule has 0 unspecified atom stereocenters. The average molecular weight is 302 g/mol. The zero-order chi connectivity index (χ0) is 15.7. The predicted molar refractivity (Wildman–Crippen MR) is 87.3 cm³/mol. The van der Waals surface area contributed by atoms with E-state index in [1.54, 1.807) is 5.57 Å². The van der Waals surface area contributed by atoms with E-state index in [1.165, 1.54) is 18.4 Å². The normalized spacial score (nSPS) is 51.4. The van der Waals surface area contributed by atoms with E-state index < -0.39 is 0 Å². The first-order valence-electron chi connectivity index (χ1n) is 9.27. The maximum absolute atomic E-state index is 12.4. The minimum atomic E-state index is -0.128. The van der Waals surface area contributed by atoms with Crippen molar-refractivity contribution in [3.63, 3.8) is 0 Å². The van der Waals surface area contributed by atoms with Gasteiger partial charge in [0.15, 0.2) is 0 Å². The van der Waals surface area contributed by atoms with Gasteiger partial charge in [-0.05, 0) is 75.0 Å². The lowest BCUT2D eigenvalue weighted by Gasteiger charge is -2.57. The lowest BCUT2D eigenvalue weighted by Crippen LogP contribution is -2.51. The molecule has 0 heterocycles. The minimum Gasteiger partial charge on any atom is -0.393 e. The van der Waals surface area contributed by atoms with Crippen LogP contribution in [0, 0.1) is 28.6 Å². The number of carbonyl (C=O) groups is 1. The molecule has 3 fully saturated rings. The molecule has 1 N–H and O–H groups in total. The standard InChI is InChI=1S/C20H30O2/c1-12-10-14-15-4-5-18(22)20(15,3)9-7-16(14)19(2)8-6-13(21)11-17(12)19/h13-16,21H,4-11H2,1-3H3/t13-,14-,15-,16-,19+,20-/m0/s1. The highest BCUT2D eigenvalue weighted by Crippen LogP contribution is 2.65. The Balaban J connectivity index is 1.74. The molecule has 4 aliphatic carbocycles. The molecule has 2 nitrogen and oxygen atoms in total. The van der Waals surface area contributed by atoms with Crippen LogP contribution in [0.1, 0.15) is 72.1 Å². The first-order valence-corrected chi connectivity index (χ1v) is 9.27. The highest BCUT2D eigenvalue weighted by Gasteiger charge is 2.59. The first kappa shape index (κ1) is 14.9. The summed E-state index contributed by atoms with van der Waals surface area (Å²) in [5.74, 6) is 2.59. The van der Waals surface area contributed by atoms with Crippen LogP contribution in [0.3, 0.4) is 0 Å². The van der Waals surface area contributed by atoms with Crippen LogP contribution >= 0.6 is 0 Å². The van der Waals surface area contributed by atoms with Gasteiger partial charge >= 0.3 is 0 Å². The van der Waals surface area contributed by atoms with Crippen molar-refractivity contribution in [2.45, 2.75) is 78.2 Å². The van der Waals surface area contributed by atoms with Crippen molar-refractivity contribution >= 4 is 5.78 Å². The second-order valence-electron chi connectivity index (χ2n) is 9.07. The summed E-state index contributed by atoms with van der Waals surface area (Å²) in [6.07, 6.45) is 8.29. The van der Waals surface area contributed by atoms with Crippen LogP contribution in [0.25, 0.3) is 0 Å². The van der Waals surface area contributed by atoms with Gasteiger partial charge in [-0.3, -0.25) is 4.79 Å².